The molecule has 6 heteroatoms. The molecular formula is C14H12BrClN2O2. The van der Waals surface area contributed by atoms with E-state index in [0.717, 1.165) is 0 Å². The highest BCUT2D eigenvalue weighted by molar-refractivity contribution is 9.10. The highest BCUT2D eigenvalue weighted by Crippen LogP contribution is 2.30. The molecule has 1 atom stereocenters. The van der Waals surface area contributed by atoms with E-state index >= 15 is 0 Å². The first kappa shape index (κ1) is 14.8. The van der Waals surface area contributed by atoms with E-state index in [0.29, 0.717) is 20.7 Å². The topological polar surface area (TPSA) is 62.2 Å². The molecule has 1 unspecified atom stereocenters. The van der Waals surface area contributed by atoms with E-state index in [4.69, 9.17) is 11.6 Å². The molecule has 4 nitrogen and oxygen atoms in total. The largest absolute Gasteiger partial charge is 0.479 e. The summed E-state index contributed by atoms with van der Waals surface area (Å²) in [4.78, 5) is 15.6. The molecule has 2 aromatic rings. The fraction of sp³-hybridized carbons (Fsp3) is 0.143. The number of benzene rings is 1. The molecule has 0 saturated heterocycles. The standard InChI is InChI=1S/C14H12BrClN2O2/c1-14(13(19)20,9-4-6-17-7-5-9)18-10-2-3-12(16)11(15)8-10/h2-8,18H,1H3,(H,19,20). The van der Waals surface area contributed by atoms with Gasteiger partial charge in [-0.15, -0.1) is 0 Å². The Bertz CT molecular complexity index is 636. The van der Waals surface area contributed by atoms with Crippen molar-refractivity contribution in [2.75, 3.05) is 5.32 Å². The Hall–Kier alpha value is -1.59. The molecule has 0 bridgehead atoms. The second kappa shape index (κ2) is 5.81. The average Bonchev–Trinajstić information content (AvgIpc) is 2.43. The molecule has 2 N–H and O–H groups in total. The van der Waals surface area contributed by atoms with E-state index in [1.807, 2.05) is 0 Å². The van der Waals surface area contributed by atoms with Gasteiger partial charge in [0.05, 0.1) is 5.02 Å². The Labute approximate surface area is 129 Å². The molecule has 0 amide bonds. The molecule has 1 aromatic carbocycles. The second-order valence-corrected chi connectivity index (χ2v) is 5.68. The van der Waals surface area contributed by atoms with Crippen molar-refractivity contribution >= 4 is 39.2 Å². The molecule has 2 rings (SSSR count). The van der Waals surface area contributed by atoms with Crippen molar-refractivity contribution < 1.29 is 9.90 Å². The van der Waals surface area contributed by atoms with Gasteiger partial charge in [-0.25, -0.2) is 4.79 Å². The smallest absolute Gasteiger partial charge is 0.333 e. The third kappa shape index (κ3) is 2.94. The number of rotatable bonds is 4. The lowest BCUT2D eigenvalue weighted by Gasteiger charge is -2.28. The SMILES string of the molecule is CC(Nc1ccc(Cl)c(Br)c1)(C(=O)O)c1ccncc1. The summed E-state index contributed by atoms with van der Waals surface area (Å²) in [5.41, 5.74) is 0.0185. The molecule has 1 aromatic heterocycles. The highest BCUT2D eigenvalue weighted by Gasteiger charge is 2.35. The number of nitrogens with one attached hydrogen (secondary N) is 1. The molecule has 0 spiro atoms. The predicted molar refractivity (Wildman–Crippen MR) is 82.0 cm³/mol. The number of carboxylic acid groups (broad SMARTS) is 1. The molecule has 0 aliphatic heterocycles. The summed E-state index contributed by atoms with van der Waals surface area (Å²) in [5.74, 6) is -0.977. The lowest BCUT2D eigenvalue weighted by atomic mass is 9.92. The fourth-order valence-corrected chi connectivity index (χ4v) is 2.29. The second-order valence-electron chi connectivity index (χ2n) is 4.42. The van der Waals surface area contributed by atoms with Crippen LogP contribution in [-0.2, 0) is 10.3 Å². The number of carboxylic acids is 1. The van der Waals surface area contributed by atoms with Gasteiger partial charge in [-0.1, -0.05) is 11.6 Å². The van der Waals surface area contributed by atoms with Crippen LogP contribution in [0.3, 0.4) is 0 Å². The maximum atomic E-state index is 11.7. The van der Waals surface area contributed by atoms with Crippen LogP contribution in [0.4, 0.5) is 5.69 Å². The van der Waals surface area contributed by atoms with E-state index in [1.54, 1.807) is 49.6 Å². The van der Waals surface area contributed by atoms with Crippen LogP contribution in [0.25, 0.3) is 0 Å². The van der Waals surface area contributed by atoms with Gasteiger partial charge in [0.25, 0.3) is 0 Å². The maximum Gasteiger partial charge on any atom is 0.333 e. The first-order valence-electron chi connectivity index (χ1n) is 5.80. The average molecular weight is 356 g/mol. The van der Waals surface area contributed by atoms with Crippen LogP contribution in [0.15, 0.2) is 47.2 Å². The van der Waals surface area contributed by atoms with E-state index < -0.39 is 11.5 Å². The van der Waals surface area contributed by atoms with Crippen molar-refractivity contribution in [1.29, 1.82) is 0 Å². The van der Waals surface area contributed by atoms with E-state index in [9.17, 15) is 9.90 Å². The fourth-order valence-electron chi connectivity index (χ4n) is 1.80. The third-order valence-electron chi connectivity index (χ3n) is 3.00. The first-order valence-corrected chi connectivity index (χ1v) is 6.98. The summed E-state index contributed by atoms with van der Waals surface area (Å²) >= 11 is 9.25. The number of nitrogens with zero attached hydrogens (tertiary/aromatic N) is 1. The number of pyridine rings is 1. The molecule has 104 valence electrons. The summed E-state index contributed by atoms with van der Waals surface area (Å²) in [7, 11) is 0. The zero-order valence-electron chi connectivity index (χ0n) is 10.6. The third-order valence-corrected chi connectivity index (χ3v) is 4.21. The Morgan fingerprint density at radius 2 is 2.00 bits per heavy atom. The molecule has 0 saturated carbocycles. The Morgan fingerprint density at radius 1 is 1.35 bits per heavy atom. The Balaban J connectivity index is 2.39. The minimum Gasteiger partial charge on any atom is -0.479 e. The Kier molecular flexibility index (Phi) is 4.30. The van der Waals surface area contributed by atoms with Crippen molar-refractivity contribution in [3.8, 4) is 0 Å². The summed E-state index contributed by atoms with van der Waals surface area (Å²) in [5, 5.41) is 13.1. The van der Waals surface area contributed by atoms with Crippen LogP contribution in [0.5, 0.6) is 0 Å². The number of anilines is 1. The first-order chi connectivity index (χ1) is 9.43. The van der Waals surface area contributed by atoms with E-state index in [-0.39, 0.29) is 0 Å². The normalized spacial score (nSPS) is 13.6. The molecule has 0 radical (unpaired) electrons. The monoisotopic (exact) mass is 354 g/mol. The lowest BCUT2D eigenvalue weighted by molar-refractivity contribution is -0.142. The number of halogens is 2. The van der Waals surface area contributed by atoms with Gasteiger partial charge in [-0.2, -0.15) is 0 Å². The molecule has 0 aliphatic carbocycles. The summed E-state index contributed by atoms with van der Waals surface area (Å²) in [6.07, 6.45) is 3.13. The van der Waals surface area contributed by atoms with Gasteiger partial charge >= 0.3 is 5.97 Å². The minimum atomic E-state index is -1.25. The molecule has 1 heterocycles. The summed E-state index contributed by atoms with van der Waals surface area (Å²) in [6.45, 7) is 1.60. The minimum absolute atomic E-state index is 0.566. The van der Waals surface area contributed by atoms with Gasteiger partial charge in [0.15, 0.2) is 5.54 Å². The summed E-state index contributed by atoms with van der Waals surface area (Å²) in [6, 6.07) is 8.52. The lowest BCUT2D eigenvalue weighted by Crippen LogP contribution is -2.40. The van der Waals surface area contributed by atoms with Gasteiger partial charge in [-0.05, 0) is 58.7 Å². The molecule has 0 fully saturated rings. The number of aliphatic carboxylic acids is 1. The Morgan fingerprint density at radius 3 is 2.55 bits per heavy atom. The number of carbonyl (C=O) groups is 1. The zero-order chi connectivity index (χ0) is 14.8. The van der Waals surface area contributed by atoms with Crippen molar-refractivity contribution in [3.05, 3.63) is 57.8 Å². The van der Waals surface area contributed by atoms with Crippen LogP contribution >= 0.6 is 27.5 Å². The van der Waals surface area contributed by atoms with E-state index in [1.165, 1.54) is 0 Å². The van der Waals surface area contributed by atoms with Crippen LogP contribution in [0, 0.1) is 0 Å². The van der Waals surface area contributed by atoms with Gasteiger partial charge < -0.3 is 10.4 Å². The molecular weight excluding hydrogens is 344 g/mol. The number of aromatic nitrogens is 1. The van der Waals surface area contributed by atoms with Crippen molar-refractivity contribution in [3.63, 3.8) is 0 Å². The van der Waals surface area contributed by atoms with Crippen LogP contribution in [-0.4, -0.2) is 16.1 Å². The van der Waals surface area contributed by atoms with Gasteiger partial charge in [0, 0.05) is 22.6 Å². The van der Waals surface area contributed by atoms with Crippen molar-refractivity contribution in [2.24, 2.45) is 0 Å². The van der Waals surface area contributed by atoms with Crippen LogP contribution in [0.2, 0.25) is 5.02 Å². The molecule has 0 aliphatic rings. The van der Waals surface area contributed by atoms with Gasteiger partial charge in [0.1, 0.15) is 0 Å². The van der Waals surface area contributed by atoms with E-state index in [2.05, 4.69) is 26.2 Å². The predicted octanol–water partition coefficient (Wildman–Crippen LogP) is 3.91. The molecule has 20 heavy (non-hydrogen) atoms. The van der Waals surface area contributed by atoms with Crippen molar-refractivity contribution in [1.82, 2.24) is 4.98 Å². The number of hydrogen-bond donors (Lipinski definition) is 2. The summed E-state index contributed by atoms with van der Waals surface area (Å²) < 4.78 is 0.701. The maximum absolute atomic E-state index is 11.7. The number of hydrogen-bond acceptors (Lipinski definition) is 3. The zero-order valence-corrected chi connectivity index (χ0v) is 12.9. The van der Waals surface area contributed by atoms with Gasteiger partial charge in [0.2, 0.25) is 0 Å². The van der Waals surface area contributed by atoms with Gasteiger partial charge in [-0.3, -0.25) is 4.98 Å². The van der Waals surface area contributed by atoms with Crippen molar-refractivity contribution in [2.45, 2.75) is 12.5 Å². The van der Waals surface area contributed by atoms with Crippen LogP contribution < -0.4 is 5.32 Å². The quantitative estimate of drug-likeness (QED) is 0.873. The van der Waals surface area contributed by atoms with Crippen LogP contribution in [0.1, 0.15) is 12.5 Å². The highest BCUT2D eigenvalue weighted by atomic mass is 79.9.